The molecular formula is C17H21NO5. The van der Waals surface area contributed by atoms with E-state index in [9.17, 15) is 14.7 Å². The third kappa shape index (κ3) is 3.11. The number of carbonyl (C=O) groups excluding carboxylic acids is 1. The summed E-state index contributed by atoms with van der Waals surface area (Å²) in [4.78, 5) is 25.6. The fourth-order valence-electron chi connectivity index (χ4n) is 3.42. The van der Waals surface area contributed by atoms with E-state index in [0.717, 1.165) is 12.0 Å². The number of carboxylic acid groups (broad SMARTS) is 1. The van der Waals surface area contributed by atoms with Crippen LogP contribution in [0.25, 0.3) is 0 Å². The summed E-state index contributed by atoms with van der Waals surface area (Å²) < 4.78 is 10.7. The molecule has 2 heterocycles. The topological polar surface area (TPSA) is 76.1 Å². The Morgan fingerprint density at radius 2 is 2.09 bits per heavy atom. The molecule has 1 N–H and O–H groups in total. The van der Waals surface area contributed by atoms with Gasteiger partial charge in [0, 0.05) is 19.0 Å². The lowest BCUT2D eigenvalue weighted by atomic mass is 9.85. The van der Waals surface area contributed by atoms with Gasteiger partial charge in [-0.3, -0.25) is 9.59 Å². The third-order valence-corrected chi connectivity index (χ3v) is 4.60. The van der Waals surface area contributed by atoms with Gasteiger partial charge in [0.25, 0.3) is 0 Å². The molecule has 6 heteroatoms. The number of ether oxygens (including phenoxy) is 2. The fraction of sp³-hybridized carbons (Fsp3) is 0.529. The molecule has 1 aromatic rings. The zero-order chi connectivity index (χ0) is 16.4. The minimum atomic E-state index is -0.829. The lowest BCUT2D eigenvalue weighted by molar-refractivity contribution is -0.149. The molecule has 2 atom stereocenters. The van der Waals surface area contributed by atoms with Gasteiger partial charge >= 0.3 is 5.97 Å². The van der Waals surface area contributed by atoms with Crippen molar-refractivity contribution in [1.29, 1.82) is 0 Å². The molecule has 3 rings (SSSR count). The summed E-state index contributed by atoms with van der Waals surface area (Å²) in [7, 11) is 0. The molecule has 2 unspecified atom stereocenters. The maximum Gasteiger partial charge on any atom is 0.308 e. The Balaban J connectivity index is 1.85. The summed E-state index contributed by atoms with van der Waals surface area (Å²) in [5, 5.41) is 9.53. The molecular weight excluding hydrogens is 298 g/mol. The number of piperidine rings is 1. The number of likely N-dealkylation sites (tertiary alicyclic amines) is 1. The van der Waals surface area contributed by atoms with E-state index in [4.69, 9.17) is 9.47 Å². The highest BCUT2D eigenvalue weighted by molar-refractivity contribution is 5.78. The van der Waals surface area contributed by atoms with Gasteiger partial charge in [-0.2, -0.15) is 0 Å². The van der Waals surface area contributed by atoms with Gasteiger partial charge in [-0.1, -0.05) is 13.0 Å². The van der Waals surface area contributed by atoms with Crippen molar-refractivity contribution in [2.45, 2.75) is 38.6 Å². The number of benzene rings is 1. The number of nitrogens with zero attached hydrogens (tertiary/aromatic N) is 1. The molecule has 0 saturated carbocycles. The average Bonchev–Trinajstić information content (AvgIpc) is 3.01. The van der Waals surface area contributed by atoms with Crippen molar-refractivity contribution in [2.75, 3.05) is 13.3 Å². The zero-order valence-corrected chi connectivity index (χ0v) is 13.2. The summed E-state index contributed by atoms with van der Waals surface area (Å²) in [5.41, 5.74) is 0.960. The largest absolute Gasteiger partial charge is 0.481 e. The second-order valence-corrected chi connectivity index (χ2v) is 5.99. The Labute approximate surface area is 135 Å². The van der Waals surface area contributed by atoms with Gasteiger partial charge in [-0.05, 0) is 37.0 Å². The van der Waals surface area contributed by atoms with Gasteiger partial charge < -0.3 is 19.5 Å². The van der Waals surface area contributed by atoms with Crippen molar-refractivity contribution in [3.63, 3.8) is 0 Å². The zero-order valence-electron chi connectivity index (χ0n) is 13.2. The molecule has 1 amide bonds. The fourth-order valence-corrected chi connectivity index (χ4v) is 3.42. The standard InChI is InChI=1S/C17H21NO5/c1-2-16(19)18-7-3-4-12(17(20)21)13(18)8-11-5-6-14-15(9-11)23-10-22-14/h5-6,9,12-13H,2-4,7-8,10H2,1H3,(H,20,21). The van der Waals surface area contributed by atoms with Crippen LogP contribution in [-0.2, 0) is 16.0 Å². The Kier molecular flexibility index (Phi) is 4.41. The van der Waals surface area contributed by atoms with Crippen molar-refractivity contribution in [2.24, 2.45) is 5.92 Å². The predicted molar refractivity (Wildman–Crippen MR) is 82.4 cm³/mol. The molecule has 1 aromatic carbocycles. The second-order valence-electron chi connectivity index (χ2n) is 5.99. The highest BCUT2D eigenvalue weighted by Gasteiger charge is 2.38. The summed E-state index contributed by atoms with van der Waals surface area (Å²) in [6.07, 6.45) is 2.25. The summed E-state index contributed by atoms with van der Waals surface area (Å²) in [6, 6.07) is 5.32. The van der Waals surface area contributed by atoms with Crippen LogP contribution in [0, 0.1) is 5.92 Å². The third-order valence-electron chi connectivity index (χ3n) is 4.60. The number of rotatable bonds is 4. The van der Waals surface area contributed by atoms with E-state index in [1.807, 2.05) is 25.1 Å². The van der Waals surface area contributed by atoms with E-state index < -0.39 is 11.9 Å². The van der Waals surface area contributed by atoms with Gasteiger partial charge in [0.15, 0.2) is 11.5 Å². The minimum Gasteiger partial charge on any atom is -0.481 e. The summed E-state index contributed by atoms with van der Waals surface area (Å²) in [6.45, 7) is 2.65. The van der Waals surface area contributed by atoms with Crippen LogP contribution in [0.3, 0.4) is 0 Å². The molecule has 2 aliphatic rings. The van der Waals surface area contributed by atoms with Crippen LogP contribution in [0.5, 0.6) is 11.5 Å². The van der Waals surface area contributed by atoms with Crippen molar-refractivity contribution in [3.8, 4) is 11.5 Å². The first-order valence-corrected chi connectivity index (χ1v) is 8.01. The second kappa shape index (κ2) is 6.48. The number of carbonyl (C=O) groups is 2. The van der Waals surface area contributed by atoms with Crippen molar-refractivity contribution >= 4 is 11.9 Å². The molecule has 124 valence electrons. The van der Waals surface area contributed by atoms with E-state index in [1.54, 1.807) is 4.90 Å². The predicted octanol–water partition coefficient (Wildman–Crippen LogP) is 2.06. The van der Waals surface area contributed by atoms with Crippen LogP contribution >= 0.6 is 0 Å². The first-order chi connectivity index (χ1) is 11.1. The highest BCUT2D eigenvalue weighted by Crippen LogP contribution is 2.34. The molecule has 0 bridgehead atoms. The maximum absolute atomic E-state index is 12.2. The molecule has 0 radical (unpaired) electrons. The van der Waals surface area contributed by atoms with E-state index in [0.29, 0.717) is 37.3 Å². The highest BCUT2D eigenvalue weighted by atomic mass is 16.7. The molecule has 23 heavy (non-hydrogen) atoms. The number of amides is 1. The molecule has 0 aromatic heterocycles. The number of hydrogen-bond donors (Lipinski definition) is 1. The number of fused-ring (bicyclic) bond motifs is 1. The average molecular weight is 319 g/mol. The summed E-state index contributed by atoms with van der Waals surface area (Å²) >= 11 is 0. The smallest absolute Gasteiger partial charge is 0.308 e. The van der Waals surface area contributed by atoms with E-state index in [1.165, 1.54) is 0 Å². The van der Waals surface area contributed by atoms with Crippen LogP contribution in [0.4, 0.5) is 0 Å². The van der Waals surface area contributed by atoms with Crippen molar-refractivity contribution < 1.29 is 24.2 Å². The lowest BCUT2D eigenvalue weighted by Crippen LogP contribution is -2.51. The first-order valence-electron chi connectivity index (χ1n) is 8.01. The maximum atomic E-state index is 12.2. The van der Waals surface area contributed by atoms with Crippen LogP contribution in [-0.4, -0.2) is 41.3 Å². The van der Waals surface area contributed by atoms with Gasteiger partial charge in [0.2, 0.25) is 12.7 Å². The lowest BCUT2D eigenvalue weighted by Gasteiger charge is -2.39. The summed E-state index contributed by atoms with van der Waals surface area (Å²) in [5.74, 6) is 0.0444. The molecule has 0 spiro atoms. The number of aliphatic carboxylic acids is 1. The minimum absolute atomic E-state index is 0.0155. The van der Waals surface area contributed by atoms with Crippen LogP contribution in [0.15, 0.2) is 18.2 Å². The molecule has 1 saturated heterocycles. The molecule has 2 aliphatic heterocycles. The normalized spacial score (nSPS) is 22.9. The Bertz CT molecular complexity index is 615. The molecule has 6 nitrogen and oxygen atoms in total. The van der Waals surface area contributed by atoms with Crippen LogP contribution in [0.1, 0.15) is 31.7 Å². The van der Waals surface area contributed by atoms with E-state index in [2.05, 4.69) is 0 Å². The number of carboxylic acids is 1. The van der Waals surface area contributed by atoms with E-state index >= 15 is 0 Å². The van der Waals surface area contributed by atoms with Crippen molar-refractivity contribution in [1.82, 2.24) is 4.90 Å². The van der Waals surface area contributed by atoms with Crippen LogP contribution in [0.2, 0.25) is 0 Å². The Hall–Kier alpha value is -2.24. The van der Waals surface area contributed by atoms with Crippen molar-refractivity contribution in [3.05, 3.63) is 23.8 Å². The van der Waals surface area contributed by atoms with Gasteiger partial charge in [-0.15, -0.1) is 0 Å². The quantitative estimate of drug-likeness (QED) is 0.919. The Morgan fingerprint density at radius 1 is 1.30 bits per heavy atom. The van der Waals surface area contributed by atoms with E-state index in [-0.39, 0.29) is 18.7 Å². The molecule has 1 fully saturated rings. The van der Waals surface area contributed by atoms with Crippen LogP contribution < -0.4 is 9.47 Å². The van der Waals surface area contributed by atoms with Gasteiger partial charge in [0.1, 0.15) is 0 Å². The van der Waals surface area contributed by atoms with Gasteiger partial charge in [0.05, 0.1) is 5.92 Å². The SMILES string of the molecule is CCC(=O)N1CCCC(C(=O)O)C1Cc1ccc2c(c1)OCO2. The molecule has 0 aliphatic carbocycles. The number of hydrogen-bond acceptors (Lipinski definition) is 4. The monoisotopic (exact) mass is 319 g/mol. The first kappa shape index (κ1) is 15.6. The Morgan fingerprint density at radius 3 is 2.83 bits per heavy atom. The van der Waals surface area contributed by atoms with Gasteiger partial charge in [-0.25, -0.2) is 0 Å².